The molecule has 0 aromatic carbocycles. The number of hydrogen-bond acceptors (Lipinski definition) is 3. The first kappa shape index (κ1) is 10.1. The Hall–Kier alpha value is -0.0200. The monoisotopic (exact) mass is 187 g/mol. The topological polar surface area (TPSA) is 21.6 Å². The van der Waals surface area contributed by atoms with E-state index >= 15 is 0 Å². The Morgan fingerprint density at radius 1 is 1.58 bits per heavy atom. The molecule has 0 bridgehead atoms. The third-order valence-corrected chi connectivity index (χ3v) is 3.12. The number of aliphatic imine (C=N–C) groups is 1. The van der Waals surface area contributed by atoms with Crippen LogP contribution in [0.15, 0.2) is 4.99 Å². The Labute approximate surface area is 78.8 Å². The van der Waals surface area contributed by atoms with Crippen molar-refractivity contribution >= 4 is 16.8 Å². The Bertz CT molecular complexity index is 159. The zero-order valence-corrected chi connectivity index (χ0v) is 8.69. The van der Waals surface area contributed by atoms with Crippen LogP contribution in [0.3, 0.4) is 0 Å². The van der Waals surface area contributed by atoms with Gasteiger partial charge in [-0.1, -0.05) is 6.92 Å². The van der Waals surface area contributed by atoms with Crippen LogP contribution in [0.2, 0.25) is 0 Å². The Morgan fingerprint density at radius 2 is 2.42 bits per heavy atom. The van der Waals surface area contributed by atoms with E-state index in [0.29, 0.717) is 5.92 Å². The van der Waals surface area contributed by atoms with Gasteiger partial charge in [0.15, 0.2) is 0 Å². The fraction of sp³-hybridized carbons (Fsp3) is 0.889. The van der Waals surface area contributed by atoms with Crippen molar-refractivity contribution in [3.05, 3.63) is 0 Å². The van der Waals surface area contributed by atoms with E-state index in [4.69, 9.17) is 4.74 Å². The number of thioether (sulfide) groups is 1. The minimum absolute atomic E-state index is 0.553. The van der Waals surface area contributed by atoms with Crippen molar-refractivity contribution in [1.82, 2.24) is 0 Å². The van der Waals surface area contributed by atoms with Crippen molar-refractivity contribution in [3.63, 3.8) is 0 Å². The van der Waals surface area contributed by atoms with Gasteiger partial charge in [0.05, 0.1) is 11.7 Å². The van der Waals surface area contributed by atoms with Crippen LogP contribution in [-0.4, -0.2) is 30.6 Å². The van der Waals surface area contributed by atoms with Crippen molar-refractivity contribution in [2.75, 3.05) is 25.5 Å². The first-order valence-electron chi connectivity index (χ1n) is 4.63. The number of ether oxygens (including phenoxy) is 1. The van der Waals surface area contributed by atoms with Gasteiger partial charge in [0.1, 0.15) is 0 Å². The molecule has 0 spiro atoms. The van der Waals surface area contributed by atoms with Crippen LogP contribution >= 0.6 is 11.8 Å². The SMILES string of the molecule is CCOCC(CC)C1=NCCS1. The normalized spacial score (nSPS) is 19.3. The van der Waals surface area contributed by atoms with Gasteiger partial charge < -0.3 is 4.74 Å². The van der Waals surface area contributed by atoms with Crippen LogP contribution in [-0.2, 0) is 4.74 Å². The molecule has 2 nitrogen and oxygen atoms in total. The first-order valence-corrected chi connectivity index (χ1v) is 5.61. The van der Waals surface area contributed by atoms with Gasteiger partial charge in [-0.15, -0.1) is 11.8 Å². The van der Waals surface area contributed by atoms with Crippen molar-refractivity contribution in [2.24, 2.45) is 10.9 Å². The van der Waals surface area contributed by atoms with Crippen molar-refractivity contribution < 1.29 is 4.74 Å². The highest BCUT2D eigenvalue weighted by Crippen LogP contribution is 2.21. The lowest BCUT2D eigenvalue weighted by Gasteiger charge is -2.13. The van der Waals surface area contributed by atoms with E-state index in [1.165, 1.54) is 5.04 Å². The summed E-state index contributed by atoms with van der Waals surface area (Å²) < 4.78 is 5.40. The van der Waals surface area contributed by atoms with Crippen LogP contribution in [0.4, 0.5) is 0 Å². The Balaban J connectivity index is 2.33. The maximum atomic E-state index is 5.40. The zero-order valence-electron chi connectivity index (χ0n) is 7.88. The molecule has 0 aromatic rings. The molecule has 1 heterocycles. The highest BCUT2D eigenvalue weighted by atomic mass is 32.2. The lowest BCUT2D eigenvalue weighted by molar-refractivity contribution is 0.129. The van der Waals surface area contributed by atoms with E-state index in [1.54, 1.807) is 0 Å². The molecule has 0 aliphatic carbocycles. The molecule has 70 valence electrons. The predicted molar refractivity (Wildman–Crippen MR) is 55.0 cm³/mol. The fourth-order valence-electron chi connectivity index (χ4n) is 1.22. The molecule has 12 heavy (non-hydrogen) atoms. The van der Waals surface area contributed by atoms with Gasteiger partial charge in [-0.05, 0) is 13.3 Å². The van der Waals surface area contributed by atoms with Crippen LogP contribution in [0.25, 0.3) is 0 Å². The smallest absolute Gasteiger partial charge is 0.0730 e. The molecular weight excluding hydrogens is 170 g/mol. The summed E-state index contributed by atoms with van der Waals surface area (Å²) in [5.41, 5.74) is 0. The number of hydrogen-bond donors (Lipinski definition) is 0. The van der Waals surface area contributed by atoms with Gasteiger partial charge in [0.2, 0.25) is 0 Å². The molecule has 1 aliphatic heterocycles. The zero-order chi connectivity index (χ0) is 8.81. The summed E-state index contributed by atoms with van der Waals surface area (Å²) in [6.45, 7) is 6.90. The second-order valence-electron chi connectivity index (χ2n) is 2.83. The maximum Gasteiger partial charge on any atom is 0.0730 e. The fourth-order valence-corrected chi connectivity index (χ4v) is 2.27. The molecule has 1 aliphatic rings. The van der Waals surface area contributed by atoms with Gasteiger partial charge in [-0.3, -0.25) is 4.99 Å². The molecule has 1 atom stereocenters. The van der Waals surface area contributed by atoms with Crippen LogP contribution in [0.1, 0.15) is 20.3 Å². The molecule has 0 fully saturated rings. The van der Waals surface area contributed by atoms with Crippen molar-refractivity contribution in [3.8, 4) is 0 Å². The van der Waals surface area contributed by atoms with E-state index in [9.17, 15) is 0 Å². The van der Waals surface area contributed by atoms with Crippen LogP contribution in [0.5, 0.6) is 0 Å². The summed E-state index contributed by atoms with van der Waals surface area (Å²) in [5.74, 6) is 1.72. The highest BCUT2D eigenvalue weighted by molar-refractivity contribution is 8.14. The lowest BCUT2D eigenvalue weighted by atomic mass is 10.1. The maximum absolute atomic E-state index is 5.40. The second kappa shape index (κ2) is 5.60. The largest absolute Gasteiger partial charge is 0.381 e. The average Bonchev–Trinajstić information content (AvgIpc) is 2.59. The van der Waals surface area contributed by atoms with E-state index in [-0.39, 0.29) is 0 Å². The summed E-state index contributed by atoms with van der Waals surface area (Å²) >= 11 is 1.90. The molecule has 1 unspecified atom stereocenters. The van der Waals surface area contributed by atoms with E-state index in [2.05, 4.69) is 11.9 Å². The van der Waals surface area contributed by atoms with E-state index in [0.717, 1.165) is 31.9 Å². The number of nitrogens with zero attached hydrogens (tertiary/aromatic N) is 1. The van der Waals surface area contributed by atoms with Crippen molar-refractivity contribution in [2.45, 2.75) is 20.3 Å². The van der Waals surface area contributed by atoms with Crippen LogP contribution in [0, 0.1) is 5.92 Å². The highest BCUT2D eigenvalue weighted by Gasteiger charge is 2.17. The van der Waals surface area contributed by atoms with Gasteiger partial charge >= 0.3 is 0 Å². The third-order valence-electron chi connectivity index (χ3n) is 1.97. The summed E-state index contributed by atoms with van der Waals surface area (Å²) in [6.07, 6.45) is 1.14. The molecule has 1 rings (SSSR count). The summed E-state index contributed by atoms with van der Waals surface area (Å²) in [7, 11) is 0. The lowest BCUT2D eigenvalue weighted by Crippen LogP contribution is -2.15. The summed E-state index contributed by atoms with van der Waals surface area (Å²) in [5, 5.41) is 1.31. The predicted octanol–water partition coefficient (Wildman–Crippen LogP) is 2.19. The summed E-state index contributed by atoms with van der Waals surface area (Å²) in [6, 6.07) is 0. The van der Waals surface area contributed by atoms with Gasteiger partial charge in [-0.25, -0.2) is 0 Å². The molecule has 0 saturated heterocycles. The molecular formula is C9H17NOS. The Kier molecular flexibility index (Phi) is 4.69. The van der Waals surface area contributed by atoms with Gasteiger partial charge in [0, 0.05) is 24.8 Å². The number of rotatable bonds is 5. The molecule has 0 aromatic heterocycles. The average molecular weight is 187 g/mol. The molecule has 0 radical (unpaired) electrons. The minimum Gasteiger partial charge on any atom is -0.381 e. The van der Waals surface area contributed by atoms with E-state index in [1.807, 2.05) is 18.7 Å². The second-order valence-corrected chi connectivity index (χ2v) is 3.95. The van der Waals surface area contributed by atoms with E-state index < -0.39 is 0 Å². The minimum atomic E-state index is 0.553. The molecule has 0 saturated carbocycles. The Morgan fingerprint density at radius 3 is 2.92 bits per heavy atom. The molecule has 3 heteroatoms. The van der Waals surface area contributed by atoms with Gasteiger partial charge in [0.25, 0.3) is 0 Å². The van der Waals surface area contributed by atoms with Crippen LogP contribution < -0.4 is 0 Å². The van der Waals surface area contributed by atoms with Crippen molar-refractivity contribution in [1.29, 1.82) is 0 Å². The first-order chi connectivity index (χ1) is 5.88. The third kappa shape index (κ3) is 2.79. The molecule has 0 N–H and O–H groups in total. The summed E-state index contributed by atoms with van der Waals surface area (Å²) in [4.78, 5) is 4.46. The van der Waals surface area contributed by atoms with Gasteiger partial charge in [-0.2, -0.15) is 0 Å². The standard InChI is InChI=1S/C9H17NOS/c1-3-8(7-11-4-2)9-10-5-6-12-9/h8H,3-7H2,1-2H3. The molecule has 0 amide bonds. The quantitative estimate of drug-likeness (QED) is 0.658.